The van der Waals surface area contributed by atoms with Gasteiger partial charge in [0, 0.05) is 13.2 Å². The largest absolute Gasteiger partial charge is 0.396 e. The molecule has 1 atom stereocenters. The second-order valence-corrected chi connectivity index (χ2v) is 5.43. The van der Waals surface area contributed by atoms with Gasteiger partial charge in [-0.1, -0.05) is 6.92 Å². The van der Waals surface area contributed by atoms with Crippen LogP contribution in [0.25, 0.3) is 0 Å². The molecule has 1 unspecified atom stereocenters. The van der Waals surface area contributed by atoms with Crippen LogP contribution in [-0.4, -0.2) is 19.0 Å². The van der Waals surface area contributed by atoms with Crippen molar-refractivity contribution in [3.8, 4) is 0 Å². The summed E-state index contributed by atoms with van der Waals surface area (Å²) in [6.07, 6.45) is 4.00. The van der Waals surface area contributed by atoms with Gasteiger partial charge in [-0.2, -0.15) is 5.10 Å². The van der Waals surface area contributed by atoms with Crippen LogP contribution < -0.4 is 5.73 Å². The molecule has 2 N–H and O–H groups in total. The zero-order valence-corrected chi connectivity index (χ0v) is 11.3. The maximum atomic E-state index is 12.2. The van der Waals surface area contributed by atoms with E-state index in [1.807, 2.05) is 20.0 Å². The lowest BCUT2D eigenvalue weighted by molar-refractivity contribution is 0.675. The van der Waals surface area contributed by atoms with Crippen LogP contribution in [0.1, 0.15) is 18.3 Å². The van der Waals surface area contributed by atoms with Gasteiger partial charge in [0.1, 0.15) is 0 Å². The van der Waals surface area contributed by atoms with E-state index in [0.717, 1.165) is 17.8 Å². The lowest BCUT2D eigenvalue weighted by Crippen LogP contribution is -2.05. The van der Waals surface area contributed by atoms with Crippen molar-refractivity contribution in [2.45, 2.75) is 24.0 Å². The first-order valence-corrected chi connectivity index (χ1v) is 7.03. The molecule has 18 heavy (non-hydrogen) atoms. The van der Waals surface area contributed by atoms with E-state index in [1.165, 1.54) is 6.20 Å². The molecule has 0 radical (unpaired) electrons. The molecule has 2 heterocycles. The Morgan fingerprint density at radius 1 is 1.50 bits per heavy atom. The van der Waals surface area contributed by atoms with E-state index in [2.05, 4.69) is 10.1 Å². The van der Waals surface area contributed by atoms with Crippen molar-refractivity contribution in [3.63, 3.8) is 0 Å². The second-order valence-electron chi connectivity index (χ2n) is 4.01. The fourth-order valence-corrected chi connectivity index (χ4v) is 2.92. The molecule has 2 rings (SSSR count). The van der Waals surface area contributed by atoms with Crippen LogP contribution in [0.15, 0.2) is 29.4 Å². The average Bonchev–Trinajstić information content (AvgIpc) is 2.70. The van der Waals surface area contributed by atoms with E-state index in [0.29, 0.717) is 16.3 Å². The maximum Gasteiger partial charge on any atom is 0.0703 e. The molecule has 0 aliphatic rings. The number of rotatable bonds is 4. The Hall–Kier alpha value is -1.69. The molecule has 2 aromatic heterocycles. The third kappa shape index (κ3) is 2.59. The highest BCUT2D eigenvalue weighted by atomic mass is 32.2. The van der Waals surface area contributed by atoms with Gasteiger partial charge < -0.3 is 5.73 Å². The van der Waals surface area contributed by atoms with Gasteiger partial charge in [-0.25, -0.2) is 0 Å². The number of nitrogen functional groups attached to an aromatic ring is 1. The minimum absolute atomic E-state index is 0.414. The van der Waals surface area contributed by atoms with Crippen LogP contribution in [0.4, 0.5) is 5.69 Å². The summed E-state index contributed by atoms with van der Waals surface area (Å²) >= 11 is 0. The lowest BCUT2D eigenvalue weighted by atomic mass is 10.3. The Bertz CT molecular complexity index is 579. The zero-order valence-electron chi connectivity index (χ0n) is 10.5. The number of anilines is 1. The van der Waals surface area contributed by atoms with Crippen molar-refractivity contribution in [2.24, 2.45) is 7.05 Å². The molecular formula is C12H16N4OS. The molecular weight excluding hydrogens is 248 g/mol. The van der Waals surface area contributed by atoms with Gasteiger partial charge in [-0.05, 0) is 18.6 Å². The quantitative estimate of drug-likeness (QED) is 0.902. The summed E-state index contributed by atoms with van der Waals surface area (Å²) in [4.78, 5) is 4.52. The number of hydrogen-bond donors (Lipinski definition) is 1. The standard InChI is InChI=1S/C12H16N4OS/c1-3-9-6-10(16(2)15-9)8-18(17)12-4-5-14-7-11(12)13/h4-7H,3,8,13H2,1-2H3. The molecule has 0 spiro atoms. The van der Waals surface area contributed by atoms with Gasteiger partial charge in [-0.3, -0.25) is 13.9 Å². The highest BCUT2D eigenvalue weighted by Crippen LogP contribution is 2.18. The molecule has 5 nitrogen and oxygen atoms in total. The summed E-state index contributed by atoms with van der Waals surface area (Å²) in [5.74, 6) is 0.414. The van der Waals surface area contributed by atoms with Crippen LogP contribution in [0.5, 0.6) is 0 Å². The van der Waals surface area contributed by atoms with Gasteiger partial charge in [0.15, 0.2) is 0 Å². The van der Waals surface area contributed by atoms with Gasteiger partial charge in [0.2, 0.25) is 0 Å². The number of aromatic nitrogens is 3. The number of nitrogens with zero attached hydrogens (tertiary/aromatic N) is 3. The molecule has 0 aliphatic carbocycles. The van der Waals surface area contributed by atoms with Crippen molar-refractivity contribution in [3.05, 3.63) is 35.9 Å². The SMILES string of the molecule is CCc1cc(CS(=O)c2ccncc2N)n(C)n1. The summed E-state index contributed by atoms with van der Waals surface area (Å²) in [6.45, 7) is 2.05. The Labute approximate surface area is 108 Å². The minimum Gasteiger partial charge on any atom is -0.396 e. The Morgan fingerprint density at radius 2 is 2.28 bits per heavy atom. The van der Waals surface area contributed by atoms with E-state index in [4.69, 9.17) is 5.73 Å². The summed E-state index contributed by atoms with van der Waals surface area (Å²) in [5, 5.41) is 4.34. The first-order valence-electron chi connectivity index (χ1n) is 5.71. The van der Waals surface area contributed by atoms with Crippen LogP contribution >= 0.6 is 0 Å². The molecule has 96 valence electrons. The van der Waals surface area contributed by atoms with Crippen molar-refractivity contribution < 1.29 is 4.21 Å². The molecule has 0 amide bonds. The van der Waals surface area contributed by atoms with E-state index >= 15 is 0 Å². The monoisotopic (exact) mass is 264 g/mol. The van der Waals surface area contributed by atoms with Crippen LogP contribution in [0.2, 0.25) is 0 Å². The van der Waals surface area contributed by atoms with E-state index in [1.54, 1.807) is 16.9 Å². The maximum absolute atomic E-state index is 12.2. The third-order valence-corrected chi connectivity index (χ3v) is 4.14. The number of pyridine rings is 1. The first-order chi connectivity index (χ1) is 8.61. The predicted octanol–water partition coefficient (Wildman–Crippen LogP) is 1.27. The lowest BCUT2D eigenvalue weighted by Gasteiger charge is -2.05. The molecule has 0 bridgehead atoms. The average molecular weight is 264 g/mol. The summed E-state index contributed by atoms with van der Waals surface area (Å²) in [6, 6.07) is 3.68. The van der Waals surface area contributed by atoms with Crippen LogP contribution in [-0.2, 0) is 30.0 Å². The molecule has 0 aromatic carbocycles. The number of nitrogens with two attached hydrogens (primary N) is 1. The predicted molar refractivity (Wildman–Crippen MR) is 71.3 cm³/mol. The molecule has 6 heteroatoms. The Kier molecular flexibility index (Phi) is 3.76. The van der Waals surface area contributed by atoms with Crippen molar-refractivity contribution in [1.29, 1.82) is 0 Å². The summed E-state index contributed by atoms with van der Waals surface area (Å²) < 4.78 is 14.0. The number of aryl methyl sites for hydroxylation is 2. The van der Waals surface area contributed by atoms with Crippen molar-refractivity contribution >= 4 is 16.5 Å². The van der Waals surface area contributed by atoms with Gasteiger partial charge in [0.05, 0.1) is 44.7 Å². The van der Waals surface area contributed by atoms with Crippen molar-refractivity contribution in [1.82, 2.24) is 14.8 Å². The van der Waals surface area contributed by atoms with Gasteiger partial charge >= 0.3 is 0 Å². The van der Waals surface area contributed by atoms with E-state index in [-0.39, 0.29) is 0 Å². The van der Waals surface area contributed by atoms with Crippen molar-refractivity contribution in [2.75, 3.05) is 5.73 Å². The molecule has 0 saturated carbocycles. The normalized spacial score (nSPS) is 12.6. The fourth-order valence-electron chi connectivity index (χ4n) is 1.69. The Balaban J connectivity index is 2.21. The molecule has 0 saturated heterocycles. The first kappa shape index (κ1) is 12.8. The Morgan fingerprint density at radius 3 is 2.89 bits per heavy atom. The highest BCUT2D eigenvalue weighted by molar-refractivity contribution is 7.84. The number of hydrogen-bond acceptors (Lipinski definition) is 4. The zero-order chi connectivity index (χ0) is 13.1. The smallest absolute Gasteiger partial charge is 0.0703 e. The van der Waals surface area contributed by atoms with E-state index < -0.39 is 10.8 Å². The highest BCUT2D eigenvalue weighted by Gasteiger charge is 2.12. The van der Waals surface area contributed by atoms with Gasteiger partial charge in [0.25, 0.3) is 0 Å². The fraction of sp³-hybridized carbons (Fsp3) is 0.333. The second kappa shape index (κ2) is 5.30. The summed E-state index contributed by atoms with van der Waals surface area (Å²) in [7, 11) is 0.692. The van der Waals surface area contributed by atoms with Gasteiger partial charge in [-0.15, -0.1) is 0 Å². The third-order valence-electron chi connectivity index (χ3n) is 2.72. The van der Waals surface area contributed by atoms with E-state index in [9.17, 15) is 4.21 Å². The summed E-state index contributed by atoms with van der Waals surface area (Å²) in [5.41, 5.74) is 8.19. The molecule has 0 aliphatic heterocycles. The topological polar surface area (TPSA) is 73.8 Å². The minimum atomic E-state index is -1.17. The molecule has 2 aromatic rings. The van der Waals surface area contributed by atoms with Crippen LogP contribution in [0, 0.1) is 0 Å². The molecule has 0 fully saturated rings. The van der Waals surface area contributed by atoms with Crippen LogP contribution in [0.3, 0.4) is 0 Å².